The summed E-state index contributed by atoms with van der Waals surface area (Å²) < 4.78 is 4.75. The molecule has 0 aliphatic heterocycles. The minimum Gasteiger partial charge on any atom is -0.465 e. The minimum absolute atomic E-state index is 0.0167. The molecule has 2 N–H and O–H groups in total. The Labute approximate surface area is 160 Å². The number of aryl methyl sites for hydroxylation is 2. The number of hydrogen-bond acceptors (Lipinski definition) is 6. The van der Waals surface area contributed by atoms with E-state index in [2.05, 4.69) is 21.4 Å². The van der Waals surface area contributed by atoms with Gasteiger partial charge in [-0.25, -0.2) is 9.59 Å². The zero-order valence-electron chi connectivity index (χ0n) is 15.2. The minimum atomic E-state index is -0.597. The lowest BCUT2D eigenvalue weighted by atomic mass is 9.88. The first-order valence-electron chi connectivity index (χ1n) is 8.68. The van der Waals surface area contributed by atoms with Crippen LogP contribution < -0.4 is 11.0 Å². The Morgan fingerprint density at radius 2 is 2.15 bits per heavy atom. The second-order valence-corrected chi connectivity index (χ2v) is 7.30. The van der Waals surface area contributed by atoms with Gasteiger partial charge in [-0.15, -0.1) is 0 Å². The van der Waals surface area contributed by atoms with Crippen LogP contribution in [0.15, 0.2) is 34.1 Å². The number of amides is 1. The summed E-state index contributed by atoms with van der Waals surface area (Å²) in [5.41, 5.74) is 2.40. The molecule has 7 nitrogen and oxygen atoms in total. The number of esters is 1. The van der Waals surface area contributed by atoms with Gasteiger partial charge in [0, 0.05) is 5.69 Å². The number of carbonyl (C=O) groups is 2. The van der Waals surface area contributed by atoms with E-state index < -0.39 is 11.7 Å². The number of H-pyrrole nitrogens is 1. The van der Waals surface area contributed by atoms with E-state index >= 15 is 0 Å². The summed E-state index contributed by atoms with van der Waals surface area (Å²) >= 11 is 1.05. The summed E-state index contributed by atoms with van der Waals surface area (Å²) in [7, 11) is 1.26. The highest BCUT2D eigenvalue weighted by molar-refractivity contribution is 8.00. The lowest BCUT2D eigenvalue weighted by Gasteiger charge is -2.26. The molecule has 0 saturated heterocycles. The molecule has 0 radical (unpaired) electrons. The molecule has 0 saturated carbocycles. The van der Waals surface area contributed by atoms with Crippen LogP contribution in [0.2, 0.25) is 0 Å². The molecule has 0 bridgehead atoms. The lowest BCUT2D eigenvalue weighted by Crippen LogP contribution is -2.32. The first kappa shape index (κ1) is 19.2. The van der Waals surface area contributed by atoms with Gasteiger partial charge in [-0.3, -0.25) is 4.79 Å². The monoisotopic (exact) mass is 387 g/mol. The van der Waals surface area contributed by atoms with E-state index in [0.717, 1.165) is 36.6 Å². The summed E-state index contributed by atoms with van der Waals surface area (Å²) in [5.74, 6) is -0.712. The Balaban J connectivity index is 1.70. The van der Waals surface area contributed by atoms with Crippen molar-refractivity contribution >= 4 is 23.6 Å². The smallest absolute Gasteiger partial charge is 0.346 e. The van der Waals surface area contributed by atoms with Crippen molar-refractivity contribution in [2.24, 2.45) is 0 Å². The third-order valence-electron chi connectivity index (χ3n) is 4.52. The van der Waals surface area contributed by atoms with Gasteiger partial charge in [0.25, 0.3) is 0 Å². The number of aromatic amines is 1. The van der Waals surface area contributed by atoms with E-state index in [1.54, 1.807) is 6.92 Å². The molecular weight excluding hydrogens is 366 g/mol. The number of nitrogens with zero attached hydrogens (tertiary/aromatic N) is 1. The van der Waals surface area contributed by atoms with Gasteiger partial charge >= 0.3 is 11.7 Å². The second kappa shape index (κ2) is 8.39. The first-order chi connectivity index (χ1) is 13.0. The lowest BCUT2D eigenvalue weighted by molar-refractivity contribution is -0.119. The van der Waals surface area contributed by atoms with Crippen LogP contribution in [0.25, 0.3) is 0 Å². The number of aromatic nitrogens is 2. The molecule has 142 valence electrons. The van der Waals surface area contributed by atoms with Gasteiger partial charge < -0.3 is 15.0 Å². The number of carbonyl (C=O) groups excluding carboxylic acids is 2. The summed E-state index contributed by atoms with van der Waals surface area (Å²) in [6, 6.07) is 8.10. The maximum absolute atomic E-state index is 12.5. The molecule has 27 heavy (non-hydrogen) atoms. The first-order valence-corrected chi connectivity index (χ1v) is 9.67. The maximum atomic E-state index is 12.5. The topological polar surface area (TPSA) is 101 Å². The molecule has 1 aromatic heterocycles. The average Bonchev–Trinajstić information content (AvgIpc) is 2.65. The molecule has 0 spiro atoms. The van der Waals surface area contributed by atoms with Gasteiger partial charge in [-0.05, 0) is 37.3 Å². The van der Waals surface area contributed by atoms with Crippen LogP contribution in [0.1, 0.15) is 46.1 Å². The zero-order valence-corrected chi connectivity index (χ0v) is 16.0. The molecule has 1 unspecified atom stereocenters. The van der Waals surface area contributed by atoms with Crippen LogP contribution in [0.3, 0.4) is 0 Å². The van der Waals surface area contributed by atoms with Gasteiger partial charge in [0.05, 0.1) is 18.9 Å². The molecule has 1 aliphatic carbocycles. The number of thioether (sulfide) groups is 1. The predicted molar refractivity (Wildman–Crippen MR) is 102 cm³/mol. The number of rotatable bonds is 5. The molecule has 1 aromatic carbocycles. The van der Waals surface area contributed by atoms with Crippen molar-refractivity contribution in [2.45, 2.75) is 37.3 Å². The largest absolute Gasteiger partial charge is 0.465 e. The molecule has 0 fully saturated rings. The van der Waals surface area contributed by atoms with E-state index in [9.17, 15) is 14.4 Å². The number of ether oxygens (including phenoxy) is 1. The highest BCUT2D eigenvalue weighted by Crippen LogP contribution is 2.29. The Kier molecular flexibility index (Phi) is 5.95. The Morgan fingerprint density at radius 1 is 1.37 bits per heavy atom. The molecule has 1 amide bonds. The van der Waals surface area contributed by atoms with Crippen molar-refractivity contribution in [3.63, 3.8) is 0 Å². The van der Waals surface area contributed by atoms with E-state index in [1.807, 2.05) is 18.2 Å². The van der Waals surface area contributed by atoms with Crippen molar-refractivity contribution in [3.8, 4) is 0 Å². The molecule has 2 aromatic rings. The van der Waals surface area contributed by atoms with Crippen molar-refractivity contribution in [3.05, 3.63) is 57.1 Å². The number of nitrogens with one attached hydrogen (secondary N) is 2. The van der Waals surface area contributed by atoms with Crippen molar-refractivity contribution in [1.82, 2.24) is 15.3 Å². The fraction of sp³-hybridized carbons (Fsp3) is 0.368. The average molecular weight is 387 g/mol. The fourth-order valence-electron chi connectivity index (χ4n) is 3.28. The summed E-state index contributed by atoms with van der Waals surface area (Å²) in [4.78, 5) is 42.4. The molecular formula is C19H21N3O4S. The molecule has 1 atom stereocenters. The highest BCUT2D eigenvalue weighted by atomic mass is 32.2. The fourth-order valence-corrected chi connectivity index (χ4v) is 4.16. The van der Waals surface area contributed by atoms with Gasteiger partial charge in [-0.2, -0.15) is 4.98 Å². The summed E-state index contributed by atoms with van der Waals surface area (Å²) in [5, 5.41) is 3.24. The standard InChI is InChI=1S/C19H21N3O4S/c1-11-16(18(24)26-2)17(22-19(25)20-11)27-10-15(23)21-14-9-5-7-12-6-3-4-8-13(12)14/h3-4,6,8,14H,5,7,9-10H2,1-2H3,(H,21,23)(H,20,22,25). The summed E-state index contributed by atoms with van der Waals surface area (Å²) in [6.07, 6.45) is 2.94. The number of methoxy groups -OCH3 is 1. The Bertz CT molecular complexity index is 925. The summed E-state index contributed by atoms with van der Waals surface area (Å²) in [6.45, 7) is 1.60. The third kappa shape index (κ3) is 4.39. The normalized spacial score (nSPS) is 15.7. The van der Waals surface area contributed by atoms with Crippen molar-refractivity contribution < 1.29 is 14.3 Å². The van der Waals surface area contributed by atoms with E-state index in [1.165, 1.54) is 12.7 Å². The quantitative estimate of drug-likeness (QED) is 0.463. The van der Waals surface area contributed by atoms with Crippen LogP contribution in [0, 0.1) is 6.92 Å². The van der Waals surface area contributed by atoms with Crippen molar-refractivity contribution in [2.75, 3.05) is 12.9 Å². The van der Waals surface area contributed by atoms with Gasteiger partial charge in [0.15, 0.2) is 0 Å². The maximum Gasteiger partial charge on any atom is 0.346 e. The SMILES string of the molecule is COC(=O)c1c(SCC(=O)NC2CCCc3ccccc32)nc(=O)[nH]c1C. The van der Waals surface area contributed by atoms with Crippen LogP contribution in [0.5, 0.6) is 0 Å². The Morgan fingerprint density at radius 3 is 2.93 bits per heavy atom. The predicted octanol–water partition coefficient (Wildman–Crippen LogP) is 2.15. The van der Waals surface area contributed by atoms with E-state index in [0.29, 0.717) is 5.69 Å². The number of hydrogen-bond donors (Lipinski definition) is 2. The van der Waals surface area contributed by atoms with Gasteiger partial charge in [0.2, 0.25) is 5.91 Å². The van der Waals surface area contributed by atoms with Gasteiger partial charge in [-0.1, -0.05) is 36.0 Å². The zero-order chi connectivity index (χ0) is 19.4. The van der Waals surface area contributed by atoms with E-state index in [4.69, 9.17) is 4.74 Å². The molecule has 8 heteroatoms. The van der Waals surface area contributed by atoms with Crippen LogP contribution in [0.4, 0.5) is 0 Å². The molecule has 1 heterocycles. The number of fused-ring (bicyclic) bond motifs is 1. The van der Waals surface area contributed by atoms with Crippen LogP contribution in [-0.2, 0) is 16.0 Å². The van der Waals surface area contributed by atoms with Crippen molar-refractivity contribution in [1.29, 1.82) is 0 Å². The molecule has 1 aliphatic rings. The van der Waals surface area contributed by atoms with E-state index in [-0.39, 0.29) is 28.3 Å². The van der Waals surface area contributed by atoms with Crippen LogP contribution >= 0.6 is 11.8 Å². The number of benzene rings is 1. The molecule has 3 rings (SSSR count). The second-order valence-electron chi connectivity index (χ2n) is 6.34. The van der Waals surface area contributed by atoms with Gasteiger partial charge in [0.1, 0.15) is 10.6 Å². The van der Waals surface area contributed by atoms with Crippen LogP contribution in [-0.4, -0.2) is 34.7 Å². The third-order valence-corrected chi connectivity index (χ3v) is 5.50. The Hall–Kier alpha value is -2.61. The highest BCUT2D eigenvalue weighted by Gasteiger charge is 2.23.